The first-order valence-corrected chi connectivity index (χ1v) is 6.27. The molecule has 108 valence electrons. The van der Waals surface area contributed by atoms with Gasteiger partial charge in [0, 0.05) is 18.7 Å². The SMILES string of the molecule is CCNC(=O)[C@H](C)NC(=O)c1ccc([N+](=O)[O-])cc1Cl. The van der Waals surface area contributed by atoms with E-state index in [0.29, 0.717) is 6.54 Å². The van der Waals surface area contributed by atoms with Crippen LogP contribution in [0.3, 0.4) is 0 Å². The summed E-state index contributed by atoms with van der Waals surface area (Å²) in [6.07, 6.45) is 0. The van der Waals surface area contributed by atoms with Gasteiger partial charge in [0.05, 0.1) is 15.5 Å². The molecule has 7 nitrogen and oxygen atoms in total. The summed E-state index contributed by atoms with van der Waals surface area (Å²) >= 11 is 5.83. The number of carbonyl (C=O) groups is 2. The van der Waals surface area contributed by atoms with E-state index in [4.69, 9.17) is 11.6 Å². The Morgan fingerprint density at radius 2 is 2.10 bits per heavy atom. The van der Waals surface area contributed by atoms with Crippen LogP contribution in [0.25, 0.3) is 0 Å². The van der Waals surface area contributed by atoms with Crippen molar-refractivity contribution in [1.82, 2.24) is 10.6 Å². The van der Waals surface area contributed by atoms with E-state index in [2.05, 4.69) is 10.6 Å². The minimum Gasteiger partial charge on any atom is -0.355 e. The molecule has 0 heterocycles. The standard InChI is InChI=1S/C12H14ClN3O4/c1-3-14-11(17)7(2)15-12(18)9-5-4-8(16(19)20)6-10(9)13/h4-7H,3H2,1-2H3,(H,14,17)(H,15,18)/t7-/m0/s1. The normalized spacial score (nSPS) is 11.6. The maximum atomic E-state index is 11.9. The van der Waals surface area contributed by atoms with Crippen LogP contribution < -0.4 is 10.6 Å². The molecule has 0 aromatic heterocycles. The van der Waals surface area contributed by atoms with E-state index in [1.165, 1.54) is 19.1 Å². The summed E-state index contributed by atoms with van der Waals surface area (Å²) < 4.78 is 0. The van der Waals surface area contributed by atoms with Gasteiger partial charge in [-0.25, -0.2) is 0 Å². The Bertz CT molecular complexity index is 548. The first-order chi connectivity index (χ1) is 9.36. The highest BCUT2D eigenvalue weighted by atomic mass is 35.5. The number of carbonyl (C=O) groups excluding carboxylic acids is 2. The summed E-state index contributed by atoms with van der Waals surface area (Å²) in [6, 6.07) is 2.79. The van der Waals surface area contributed by atoms with Crippen molar-refractivity contribution in [1.29, 1.82) is 0 Å². The second kappa shape index (κ2) is 6.85. The van der Waals surface area contributed by atoms with Crippen LogP contribution in [0.15, 0.2) is 18.2 Å². The van der Waals surface area contributed by atoms with E-state index in [1.54, 1.807) is 6.92 Å². The number of nitro benzene ring substituents is 1. The number of likely N-dealkylation sites (N-methyl/N-ethyl adjacent to an activating group) is 1. The molecular formula is C12H14ClN3O4. The molecule has 0 radical (unpaired) electrons. The lowest BCUT2D eigenvalue weighted by molar-refractivity contribution is -0.384. The Labute approximate surface area is 120 Å². The molecule has 0 saturated heterocycles. The van der Waals surface area contributed by atoms with Crippen molar-refractivity contribution < 1.29 is 14.5 Å². The van der Waals surface area contributed by atoms with Crippen LogP contribution in [0, 0.1) is 10.1 Å². The number of hydrogen-bond acceptors (Lipinski definition) is 4. The first kappa shape index (κ1) is 15.9. The average Bonchev–Trinajstić information content (AvgIpc) is 2.38. The number of nitrogens with zero attached hydrogens (tertiary/aromatic N) is 1. The second-order valence-corrected chi connectivity index (χ2v) is 4.42. The second-order valence-electron chi connectivity index (χ2n) is 4.01. The molecule has 8 heteroatoms. The quantitative estimate of drug-likeness (QED) is 0.635. The number of halogens is 1. The van der Waals surface area contributed by atoms with E-state index in [1.807, 2.05) is 0 Å². The molecule has 0 saturated carbocycles. The van der Waals surface area contributed by atoms with Crippen molar-refractivity contribution in [2.75, 3.05) is 6.54 Å². The molecule has 1 aromatic carbocycles. The fourth-order valence-electron chi connectivity index (χ4n) is 1.47. The minimum absolute atomic E-state index is 0.0419. The summed E-state index contributed by atoms with van der Waals surface area (Å²) in [5.74, 6) is -0.887. The monoisotopic (exact) mass is 299 g/mol. The Morgan fingerprint density at radius 1 is 1.45 bits per heavy atom. The molecule has 20 heavy (non-hydrogen) atoms. The highest BCUT2D eigenvalue weighted by molar-refractivity contribution is 6.34. The highest BCUT2D eigenvalue weighted by Gasteiger charge is 2.19. The Morgan fingerprint density at radius 3 is 2.60 bits per heavy atom. The number of nitrogens with one attached hydrogen (secondary N) is 2. The summed E-state index contributed by atoms with van der Waals surface area (Å²) in [4.78, 5) is 33.4. The third-order valence-corrected chi connectivity index (χ3v) is 2.81. The lowest BCUT2D eigenvalue weighted by Gasteiger charge is -2.13. The van der Waals surface area contributed by atoms with E-state index >= 15 is 0 Å². The largest absolute Gasteiger partial charge is 0.355 e. The maximum absolute atomic E-state index is 11.9. The Hall–Kier alpha value is -2.15. The molecule has 0 aliphatic heterocycles. The topological polar surface area (TPSA) is 101 Å². The summed E-state index contributed by atoms with van der Waals surface area (Å²) in [7, 11) is 0. The van der Waals surface area contributed by atoms with Gasteiger partial charge in [-0.2, -0.15) is 0 Å². The van der Waals surface area contributed by atoms with Gasteiger partial charge in [-0.3, -0.25) is 19.7 Å². The van der Waals surface area contributed by atoms with Gasteiger partial charge in [0.15, 0.2) is 0 Å². The molecule has 1 rings (SSSR count). The van der Waals surface area contributed by atoms with Crippen LogP contribution >= 0.6 is 11.6 Å². The molecule has 0 unspecified atom stereocenters. The van der Waals surface area contributed by atoms with Gasteiger partial charge in [-0.05, 0) is 19.9 Å². The zero-order valence-electron chi connectivity index (χ0n) is 11.0. The highest BCUT2D eigenvalue weighted by Crippen LogP contribution is 2.22. The molecule has 0 spiro atoms. The fourth-order valence-corrected chi connectivity index (χ4v) is 1.73. The molecule has 0 aliphatic carbocycles. The van der Waals surface area contributed by atoms with E-state index in [-0.39, 0.29) is 22.2 Å². The number of nitro groups is 1. The van der Waals surface area contributed by atoms with E-state index in [9.17, 15) is 19.7 Å². The molecule has 0 aliphatic rings. The third-order valence-electron chi connectivity index (χ3n) is 2.50. The third kappa shape index (κ3) is 3.92. The lowest BCUT2D eigenvalue weighted by atomic mass is 10.1. The van der Waals surface area contributed by atoms with Crippen molar-refractivity contribution in [3.05, 3.63) is 38.9 Å². The minimum atomic E-state index is -0.728. The van der Waals surface area contributed by atoms with Gasteiger partial charge >= 0.3 is 0 Å². The summed E-state index contributed by atoms with van der Waals surface area (Å²) in [5, 5.41) is 15.6. The number of non-ortho nitro benzene ring substituents is 1. The number of hydrogen-bond donors (Lipinski definition) is 2. The van der Waals surface area contributed by atoms with Crippen molar-refractivity contribution >= 4 is 29.1 Å². The molecule has 2 amide bonds. The van der Waals surface area contributed by atoms with Gasteiger partial charge < -0.3 is 10.6 Å². The molecule has 2 N–H and O–H groups in total. The van der Waals surface area contributed by atoms with Gasteiger partial charge in [0.1, 0.15) is 6.04 Å². The summed E-state index contributed by atoms with van der Waals surface area (Å²) in [5.41, 5.74) is -0.128. The molecule has 1 atom stereocenters. The molecule has 0 fully saturated rings. The number of benzene rings is 1. The number of rotatable bonds is 5. The average molecular weight is 300 g/mol. The van der Waals surface area contributed by atoms with Crippen molar-refractivity contribution in [3.8, 4) is 0 Å². The first-order valence-electron chi connectivity index (χ1n) is 5.89. The predicted octanol–water partition coefficient (Wildman–Crippen LogP) is 1.50. The van der Waals surface area contributed by atoms with Crippen LogP contribution in [0.5, 0.6) is 0 Å². The van der Waals surface area contributed by atoms with Crippen LogP contribution in [-0.4, -0.2) is 29.3 Å². The van der Waals surface area contributed by atoms with Gasteiger partial charge in [0.2, 0.25) is 5.91 Å². The Balaban J connectivity index is 2.83. The zero-order chi connectivity index (χ0) is 15.3. The zero-order valence-corrected chi connectivity index (χ0v) is 11.7. The van der Waals surface area contributed by atoms with Crippen molar-refractivity contribution in [2.45, 2.75) is 19.9 Å². The van der Waals surface area contributed by atoms with E-state index < -0.39 is 16.9 Å². The smallest absolute Gasteiger partial charge is 0.270 e. The lowest BCUT2D eigenvalue weighted by Crippen LogP contribution is -2.44. The van der Waals surface area contributed by atoms with Crippen LogP contribution in [0.2, 0.25) is 5.02 Å². The van der Waals surface area contributed by atoms with Gasteiger partial charge in [-0.15, -0.1) is 0 Å². The van der Waals surface area contributed by atoms with Gasteiger partial charge in [-0.1, -0.05) is 11.6 Å². The number of amides is 2. The Kier molecular flexibility index (Phi) is 5.45. The van der Waals surface area contributed by atoms with Crippen LogP contribution in [-0.2, 0) is 4.79 Å². The predicted molar refractivity (Wildman–Crippen MR) is 73.7 cm³/mol. The maximum Gasteiger partial charge on any atom is 0.270 e. The molecule has 1 aromatic rings. The molecular weight excluding hydrogens is 286 g/mol. The molecule has 0 bridgehead atoms. The summed E-state index contributed by atoms with van der Waals surface area (Å²) in [6.45, 7) is 3.75. The fraction of sp³-hybridized carbons (Fsp3) is 0.333. The van der Waals surface area contributed by atoms with Crippen molar-refractivity contribution in [2.24, 2.45) is 0 Å². The van der Waals surface area contributed by atoms with Gasteiger partial charge in [0.25, 0.3) is 11.6 Å². The van der Waals surface area contributed by atoms with Crippen LogP contribution in [0.1, 0.15) is 24.2 Å². The van der Waals surface area contributed by atoms with Crippen molar-refractivity contribution in [3.63, 3.8) is 0 Å². The van der Waals surface area contributed by atoms with E-state index in [0.717, 1.165) is 6.07 Å². The van der Waals surface area contributed by atoms with Crippen LogP contribution in [0.4, 0.5) is 5.69 Å².